The molecule has 0 fully saturated rings. The van der Waals surface area contributed by atoms with Crippen LogP contribution < -0.4 is 10.2 Å². The molecule has 0 saturated heterocycles. The molecular weight excluding hydrogens is 445 g/mol. The molecule has 9 heteroatoms. The van der Waals surface area contributed by atoms with Gasteiger partial charge in [-0.25, -0.2) is 4.68 Å². The lowest BCUT2D eigenvalue weighted by Gasteiger charge is -2.21. The number of hydrogen-bond acceptors (Lipinski definition) is 4. The first-order valence-electron chi connectivity index (χ1n) is 11.0. The standard InChI is InChI=1S/C25H25F3N4O2/c1-15-6-4-5-7-20(15)14-31-12-13-32-24(31)21(22(30-32)25(26,27)28)23(34)29-16(2)18-8-10-19(11-9-18)17(3)33/h4-11,16H,12-14H2,1-3H3,(H,29,34)/t16-/m0/s1. The summed E-state index contributed by atoms with van der Waals surface area (Å²) in [6, 6.07) is 13.7. The van der Waals surface area contributed by atoms with Crippen molar-refractivity contribution in [3.63, 3.8) is 0 Å². The topological polar surface area (TPSA) is 67.2 Å². The smallest absolute Gasteiger partial charge is 0.350 e. The van der Waals surface area contributed by atoms with Crippen LogP contribution in [0, 0.1) is 6.92 Å². The first-order chi connectivity index (χ1) is 16.1. The summed E-state index contributed by atoms with van der Waals surface area (Å²) in [6.07, 6.45) is -4.77. The SMILES string of the molecule is CC(=O)c1ccc([C@H](C)NC(=O)c2c(C(F)(F)F)nn3c2N(Cc2ccccc2C)CC3)cc1. The molecule has 4 rings (SSSR count). The van der Waals surface area contributed by atoms with E-state index in [1.165, 1.54) is 11.6 Å². The van der Waals surface area contributed by atoms with Gasteiger partial charge in [-0.15, -0.1) is 0 Å². The third kappa shape index (κ3) is 4.55. The number of aryl methyl sites for hydroxylation is 1. The summed E-state index contributed by atoms with van der Waals surface area (Å²) in [5, 5.41) is 6.44. The van der Waals surface area contributed by atoms with Gasteiger partial charge in [-0.1, -0.05) is 48.5 Å². The van der Waals surface area contributed by atoms with Crippen LogP contribution in [0.1, 0.15) is 63.0 Å². The van der Waals surface area contributed by atoms with Crippen LogP contribution in [0.25, 0.3) is 0 Å². The first kappa shape index (κ1) is 23.5. The van der Waals surface area contributed by atoms with Gasteiger partial charge in [0.1, 0.15) is 11.4 Å². The summed E-state index contributed by atoms with van der Waals surface area (Å²) in [4.78, 5) is 26.5. The Bertz CT molecular complexity index is 1230. The number of nitrogens with one attached hydrogen (secondary N) is 1. The van der Waals surface area contributed by atoms with E-state index in [1.807, 2.05) is 31.2 Å². The Kier molecular flexibility index (Phi) is 6.20. The highest BCUT2D eigenvalue weighted by Crippen LogP contribution is 2.39. The molecule has 2 heterocycles. The van der Waals surface area contributed by atoms with E-state index < -0.39 is 29.4 Å². The lowest BCUT2D eigenvalue weighted by atomic mass is 10.0. The second-order valence-corrected chi connectivity index (χ2v) is 8.49. The molecule has 1 N–H and O–H groups in total. The summed E-state index contributed by atoms with van der Waals surface area (Å²) in [7, 11) is 0. The number of benzene rings is 2. The molecule has 1 aliphatic rings. The molecule has 1 aromatic heterocycles. The average molecular weight is 470 g/mol. The quantitative estimate of drug-likeness (QED) is 0.519. The van der Waals surface area contributed by atoms with E-state index >= 15 is 0 Å². The number of alkyl halides is 3. The maximum atomic E-state index is 13.9. The predicted octanol–water partition coefficient (Wildman–Crippen LogP) is 4.92. The van der Waals surface area contributed by atoms with Crippen molar-refractivity contribution in [1.29, 1.82) is 0 Å². The van der Waals surface area contributed by atoms with E-state index in [2.05, 4.69) is 10.4 Å². The highest BCUT2D eigenvalue weighted by Gasteiger charge is 2.44. The molecular formula is C25H25F3N4O2. The van der Waals surface area contributed by atoms with Gasteiger partial charge in [-0.05, 0) is 37.5 Å². The number of carbonyl (C=O) groups is 2. The second-order valence-electron chi connectivity index (χ2n) is 8.49. The Hall–Kier alpha value is -3.62. The third-order valence-corrected chi connectivity index (χ3v) is 6.09. The van der Waals surface area contributed by atoms with Crippen LogP contribution in [-0.2, 0) is 19.3 Å². The minimum absolute atomic E-state index is 0.0951. The first-order valence-corrected chi connectivity index (χ1v) is 11.0. The van der Waals surface area contributed by atoms with Gasteiger partial charge in [0.2, 0.25) is 0 Å². The van der Waals surface area contributed by atoms with Crippen LogP contribution in [-0.4, -0.2) is 28.0 Å². The van der Waals surface area contributed by atoms with Gasteiger partial charge in [0.05, 0.1) is 12.6 Å². The number of carbonyl (C=O) groups excluding carboxylic acids is 2. The van der Waals surface area contributed by atoms with Crippen molar-refractivity contribution in [3.8, 4) is 0 Å². The monoisotopic (exact) mass is 470 g/mol. The van der Waals surface area contributed by atoms with Gasteiger partial charge in [0, 0.05) is 18.7 Å². The summed E-state index contributed by atoms with van der Waals surface area (Å²) in [5.74, 6) is -0.761. The maximum Gasteiger partial charge on any atom is 0.436 e. The van der Waals surface area contributed by atoms with Crippen molar-refractivity contribution in [2.75, 3.05) is 11.4 Å². The number of hydrogen-bond donors (Lipinski definition) is 1. The Balaban J connectivity index is 1.65. The fraction of sp³-hybridized carbons (Fsp3) is 0.320. The average Bonchev–Trinajstić information content (AvgIpc) is 3.35. The largest absolute Gasteiger partial charge is 0.436 e. The van der Waals surface area contributed by atoms with Crippen molar-refractivity contribution in [2.45, 2.75) is 46.1 Å². The predicted molar refractivity (Wildman–Crippen MR) is 122 cm³/mol. The van der Waals surface area contributed by atoms with Crippen LogP contribution in [0.2, 0.25) is 0 Å². The zero-order valence-corrected chi connectivity index (χ0v) is 19.1. The summed E-state index contributed by atoms with van der Waals surface area (Å²) < 4.78 is 42.8. The Morgan fingerprint density at radius 3 is 2.38 bits per heavy atom. The highest BCUT2D eigenvalue weighted by atomic mass is 19.4. The van der Waals surface area contributed by atoms with E-state index in [4.69, 9.17) is 0 Å². The number of rotatable bonds is 6. The summed E-state index contributed by atoms with van der Waals surface area (Å²) in [6.45, 7) is 6.16. The van der Waals surface area contributed by atoms with Gasteiger partial charge in [-0.3, -0.25) is 9.59 Å². The van der Waals surface area contributed by atoms with Crippen LogP contribution >= 0.6 is 0 Å². The van der Waals surface area contributed by atoms with E-state index in [0.717, 1.165) is 11.1 Å². The maximum absolute atomic E-state index is 13.9. The molecule has 1 aliphatic heterocycles. The Morgan fingerprint density at radius 1 is 1.09 bits per heavy atom. The van der Waals surface area contributed by atoms with E-state index in [-0.39, 0.29) is 18.1 Å². The lowest BCUT2D eigenvalue weighted by Crippen LogP contribution is -2.31. The molecule has 1 atom stereocenters. The van der Waals surface area contributed by atoms with Crippen molar-refractivity contribution in [1.82, 2.24) is 15.1 Å². The Labute approximate surface area is 195 Å². The van der Waals surface area contributed by atoms with Gasteiger partial charge in [-0.2, -0.15) is 18.3 Å². The van der Waals surface area contributed by atoms with Gasteiger partial charge in [0.25, 0.3) is 5.91 Å². The summed E-state index contributed by atoms with van der Waals surface area (Å²) in [5.41, 5.74) is 1.52. The number of aromatic nitrogens is 2. The highest BCUT2D eigenvalue weighted by molar-refractivity contribution is 6.01. The van der Waals surface area contributed by atoms with E-state index in [0.29, 0.717) is 24.2 Å². The van der Waals surface area contributed by atoms with Crippen molar-refractivity contribution >= 4 is 17.5 Å². The lowest BCUT2D eigenvalue weighted by molar-refractivity contribution is -0.141. The molecule has 178 valence electrons. The number of nitrogens with zero attached hydrogens (tertiary/aromatic N) is 3. The molecule has 6 nitrogen and oxygen atoms in total. The van der Waals surface area contributed by atoms with Crippen LogP contribution in [0.5, 0.6) is 0 Å². The van der Waals surface area contributed by atoms with Crippen molar-refractivity contribution in [3.05, 3.63) is 82.0 Å². The van der Waals surface area contributed by atoms with Gasteiger partial charge in [0.15, 0.2) is 11.5 Å². The molecule has 0 spiro atoms. The number of amides is 1. The minimum atomic E-state index is -4.77. The molecule has 0 saturated carbocycles. The third-order valence-electron chi connectivity index (χ3n) is 6.09. The molecule has 0 aliphatic carbocycles. The van der Waals surface area contributed by atoms with Crippen LogP contribution in [0.4, 0.5) is 19.0 Å². The molecule has 1 amide bonds. The molecule has 2 aromatic carbocycles. The summed E-state index contributed by atoms with van der Waals surface area (Å²) >= 11 is 0. The zero-order chi connectivity index (χ0) is 24.6. The van der Waals surface area contributed by atoms with Crippen LogP contribution in [0.15, 0.2) is 48.5 Å². The second kappa shape index (κ2) is 8.96. The fourth-order valence-electron chi connectivity index (χ4n) is 4.16. The molecule has 3 aromatic rings. The van der Waals surface area contributed by atoms with Crippen molar-refractivity contribution < 1.29 is 22.8 Å². The number of ketones is 1. The van der Waals surface area contributed by atoms with Gasteiger partial charge >= 0.3 is 6.18 Å². The van der Waals surface area contributed by atoms with Crippen molar-refractivity contribution in [2.24, 2.45) is 0 Å². The number of anilines is 1. The number of halogens is 3. The fourth-order valence-corrected chi connectivity index (χ4v) is 4.16. The Morgan fingerprint density at radius 2 is 1.76 bits per heavy atom. The molecule has 0 bridgehead atoms. The van der Waals surface area contributed by atoms with Crippen LogP contribution in [0.3, 0.4) is 0 Å². The molecule has 0 radical (unpaired) electrons. The molecule has 0 unspecified atom stereocenters. The normalized spacial score (nSPS) is 14.1. The number of fused-ring (bicyclic) bond motifs is 1. The van der Waals surface area contributed by atoms with Gasteiger partial charge < -0.3 is 10.2 Å². The molecule has 34 heavy (non-hydrogen) atoms. The number of Topliss-reactive ketones (excluding diaryl/α,β-unsaturated/α-hetero) is 1. The zero-order valence-electron chi connectivity index (χ0n) is 19.1. The van der Waals surface area contributed by atoms with E-state index in [9.17, 15) is 22.8 Å². The minimum Gasteiger partial charge on any atom is -0.350 e. The van der Waals surface area contributed by atoms with E-state index in [1.54, 1.807) is 36.1 Å².